The zero-order chi connectivity index (χ0) is 24.2. The molecule has 2 unspecified atom stereocenters. The van der Waals surface area contributed by atoms with E-state index in [2.05, 4.69) is 59.6 Å². The van der Waals surface area contributed by atoms with Gasteiger partial charge in [-0.05, 0) is 48.7 Å². The summed E-state index contributed by atoms with van der Waals surface area (Å²) >= 11 is 6.31. The molecule has 0 amide bonds. The Hall–Kier alpha value is -2.99. The van der Waals surface area contributed by atoms with Crippen molar-refractivity contribution in [3.8, 4) is 0 Å². The molecular weight excluding hydrogens is 456 g/mol. The number of benzene rings is 3. The number of nitrogens with zero attached hydrogens (tertiary/aromatic N) is 3. The summed E-state index contributed by atoms with van der Waals surface area (Å²) in [5, 5.41) is 4.75. The van der Waals surface area contributed by atoms with Gasteiger partial charge in [-0.15, -0.1) is 0 Å². The molecule has 1 N–H and O–H groups in total. The molecule has 5 nitrogen and oxygen atoms in total. The van der Waals surface area contributed by atoms with Crippen molar-refractivity contribution in [2.24, 2.45) is 0 Å². The molecule has 5 rings (SSSR count). The van der Waals surface area contributed by atoms with Gasteiger partial charge in [0, 0.05) is 24.2 Å². The molecule has 0 bridgehead atoms. The summed E-state index contributed by atoms with van der Waals surface area (Å²) < 4.78 is 1.88. The van der Waals surface area contributed by atoms with Gasteiger partial charge < -0.3 is 5.32 Å². The van der Waals surface area contributed by atoms with Crippen molar-refractivity contribution in [1.82, 2.24) is 19.8 Å². The Morgan fingerprint density at radius 3 is 2.51 bits per heavy atom. The number of rotatable bonds is 6. The third-order valence-electron chi connectivity index (χ3n) is 6.94. The van der Waals surface area contributed by atoms with Crippen LogP contribution in [0.5, 0.6) is 0 Å². The predicted octanol–water partition coefficient (Wildman–Crippen LogP) is 5.59. The maximum absolute atomic E-state index is 13.8. The number of halogens is 1. The number of hydrogen-bond donors (Lipinski definition) is 1. The lowest BCUT2D eigenvalue weighted by molar-refractivity contribution is 0.127. The molecule has 4 aromatic rings. The first-order valence-corrected chi connectivity index (χ1v) is 12.8. The molecule has 2 heterocycles. The highest BCUT2D eigenvalue weighted by molar-refractivity contribution is 6.31. The maximum atomic E-state index is 13.8. The molecule has 0 aliphatic carbocycles. The van der Waals surface area contributed by atoms with Crippen LogP contribution in [0.15, 0.2) is 83.7 Å². The van der Waals surface area contributed by atoms with Crippen LogP contribution in [0.25, 0.3) is 10.9 Å². The standard InChI is InChI=1S/C29H31ClN4O/c1-2-26(33-18-17-31-16-15-27(33)22-11-7-4-8-12-22)28-32-25-19-23(30)13-14-24(25)29(35)34(28)20-21-9-5-3-6-10-21/h3-14,19,26-27,31H,2,15-18,20H2,1H3. The van der Waals surface area contributed by atoms with Gasteiger partial charge >= 0.3 is 0 Å². The van der Waals surface area contributed by atoms with Gasteiger partial charge in [-0.25, -0.2) is 4.98 Å². The zero-order valence-corrected chi connectivity index (χ0v) is 20.8. The van der Waals surface area contributed by atoms with Gasteiger partial charge in [-0.1, -0.05) is 79.2 Å². The number of nitrogens with one attached hydrogen (secondary N) is 1. The highest BCUT2D eigenvalue weighted by Gasteiger charge is 2.32. The van der Waals surface area contributed by atoms with E-state index >= 15 is 0 Å². The molecule has 1 aliphatic heterocycles. The lowest BCUT2D eigenvalue weighted by Gasteiger charge is -2.37. The fourth-order valence-corrected chi connectivity index (χ4v) is 5.42. The quantitative estimate of drug-likeness (QED) is 0.386. The first-order chi connectivity index (χ1) is 17.2. The molecule has 1 aromatic heterocycles. The fourth-order valence-electron chi connectivity index (χ4n) is 5.25. The summed E-state index contributed by atoms with van der Waals surface area (Å²) in [6.45, 7) is 5.42. The van der Waals surface area contributed by atoms with Gasteiger partial charge in [0.25, 0.3) is 5.56 Å². The summed E-state index contributed by atoms with van der Waals surface area (Å²) in [6, 6.07) is 26.4. The van der Waals surface area contributed by atoms with Crippen molar-refractivity contribution in [2.75, 3.05) is 19.6 Å². The van der Waals surface area contributed by atoms with Gasteiger partial charge in [0.05, 0.1) is 23.5 Å². The van der Waals surface area contributed by atoms with E-state index in [1.807, 2.05) is 22.8 Å². The number of aromatic nitrogens is 2. The van der Waals surface area contributed by atoms with Crippen molar-refractivity contribution < 1.29 is 0 Å². The minimum absolute atomic E-state index is 0.0140. The summed E-state index contributed by atoms with van der Waals surface area (Å²) in [5.74, 6) is 0.805. The first kappa shape index (κ1) is 23.7. The summed E-state index contributed by atoms with van der Waals surface area (Å²) in [7, 11) is 0. The van der Waals surface area contributed by atoms with E-state index < -0.39 is 0 Å². The largest absolute Gasteiger partial charge is 0.315 e. The lowest BCUT2D eigenvalue weighted by Crippen LogP contribution is -2.38. The molecule has 180 valence electrons. The highest BCUT2D eigenvalue weighted by atomic mass is 35.5. The van der Waals surface area contributed by atoms with E-state index in [1.54, 1.807) is 18.2 Å². The van der Waals surface area contributed by atoms with Gasteiger partial charge in [0.2, 0.25) is 0 Å². The van der Waals surface area contributed by atoms with E-state index in [-0.39, 0.29) is 17.6 Å². The molecule has 2 atom stereocenters. The third-order valence-corrected chi connectivity index (χ3v) is 7.18. The topological polar surface area (TPSA) is 50.2 Å². The molecule has 0 radical (unpaired) electrons. The van der Waals surface area contributed by atoms with Crippen molar-refractivity contribution in [1.29, 1.82) is 0 Å². The second-order valence-corrected chi connectivity index (χ2v) is 9.57. The van der Waals surface area contributed by atoms with Crippen molar-refractivity contribution in [3.63, 3.8) is 0 Å². The fraction of sp³-hybridized carbons (Fsp3) is 0.310. The normalized spacial score (nSPS) is 17.8. The lowest BCUT2D eigenvalue weighted by atomic mass is 9.99. The Kier molecular flexibility index (Phi) is 7.28. The predicted molar refractivity (Wildman–Crippen MR) is 143 cm³/mol. The van der Waals surface area contributed by atoms with Crippen LogP contribution in [0.2, 0.25) is 5.02 Å². The minimum atomic E-state index is -0.0202. The minimum Gasteiger partial charge on any atom is -0.315 e. The molecule has 0 saturated carbocycles. The van der Waals surface area contributed by atoms with Gasteiger partial charge in [-0.2, -0.15) is 0 Å². The molecule has 35 heavy (non-hydrogen) atoms. The Morgan fingerprint density at radius 2 is 1.77 bits per heavy atom. The average molecular weight is 487 g/mol. The molecule has 0 spiro atoms. The van der Waals surface area contributed by atoms with Crippen LogP contribution in [0.3, 0.4) is 0 Å². The molecule has 1 saturated heterocycles. The Morgan fingerprint density at radius 1 is 1.03 bits per heavy atom. The van der Waals surface area contributed by atoms with E-state index in [0.29, 0.717) is 22.5 Å². The third kappa shape index (κ3) is 5.03. The SMILES string of the molecule is CCC(c1nc2cc(Cl)ccc2c(=O)n1Cc1ccccc1)N1CCNCCC1c1ccccc1. The second kappa shape index (κ2) is 10.7. The molecule has 1 fully saturated rings. The van der Waals surface area contributed by atoms with E-state index in [4.69, 9.17) is 16.6 Å². The molecule has 1 aliphatic rings. The Bertz CT molecular complexity index is 1340. The zero-order valence-electron chi connectivity index (χ0n) is 20.0. The average Bonchev–Trinajstić information content (AvgIpc) is 3.14. The second-order valence-electron chi connectivity index (χ2n) is 9.14. The Balaban J connectivity index is 1.67. The number of hydrogen-bond acceptors (Lipinski definition) is 4. The Labute approximate surface area is 211 Å². The van der Waals surface area contributed by atoms with Crippen LogP contribution in [0, 0.1) is 0 Å². The van der Waals surface area contributed by atoms with E-state index in [9.17, 15) is 4.79 Å². The highest BCUT2D eigenvalue weighted by Crippen LogP contribution is 2.35. The van der Waals surface area contributed by atoms with E-state index in [0.717, 1.165) is 43.9 Å². The van der Waals surface area contributed by atoms with Crippen LogP contribution in [0.4, 0.5) is 0 Å². The van der Waals surface area contributed by atoms with Crippen LogP contribution >= 0.6 is 11.6 Å². The summed E-state index contributed by atoms with van der Waals surface area (Å²) in [5.41, 5.74) is 3.02. The summed E-state index contributed by atoms with van der Waals surface area (Å²) in [6.07, 6.45) is 1.85. The molecular formula is C29H31ClN4O. The van der Waals surface area contributed by atoms with Crippen molar-refractivity contribution in [3.05, 3.63) is 111 Å². The van der Waals surface area contributed by atoms with Crippen LogP contribution in [0.1, 0.15) is 48.8 Å². The van der Waals surface area contributed by atoms with Crippen LogP contribution in [-0.2, 0) is 6.54 Å². The van der Waals surface area contributed by atoms with Gasteiger partial charge in [0.1, 0.15) is 5.82 Å². The van der Waals surface area contributed by atoms with Crippen LogP contribution in [-0.4, -0.2) is 34.1 Å². The smallest absolute Gasteiger partial charge is 0.261 e. The number of fused-ring (bicyclic) bond motifs is 1. The molecule has 3 aromatic carbocycles. The summed E-state index contributed by atoms with van der Waals surface area (Å²) in [4.78, 5) is 21.5. The van der Waals surface area contributed by atoms with Crippen LogP contribution < -0.4 is 10.9 Å². The first-order valence-electron chi connectivity index (χ1n) is 12.4. The van der Waals surface area contributed by atoms with E-state index in [1.165, 1.54) is 5.56 Å². The van der Waals surface area contributed by atoms with Gasteiger partial charge in [-0.3, -0.25) is 14.3 Å². The van der Waals surface area contributed by atoms with Gasteiger partial charge in [0.15, 0.2) is 0 Å². The van der Waals surface area contributed by atoms with Crippen molar-refractivity contribution >= 4 is 22.5 Å². The van der Waals surface area contributed by atoms with Crippen molar-refractivity contribution in [2.45, 2.75) is 38.4 Å². The maximum Gasteiger partial charge on any atom is 0.261 e. The monoisotopic (exact) mass is 486 g/mol. The molecule has 6 heteroatoms.